The van der Waals surface area contributed by atoms with Crippen molar-refractivity contribution in [2.45, 2.75) is 13.8 Å². The van der Waals surface area contributed by atoms with Gasteiger partial charge in [-0.25, -0.2) is 0 Å². The number of aryl methyl sites for hydroxylation is 2. The minimum absolute atomic E-state index is 0.0294. The molecule has 0 bridgehead atoms. The van der Waals surface area contributed by atoms with E-state index in [4.69, 9.17) is 9.47 Å². The van der Waals surface area contributed by atoms with Crippen LogP contribution in [0.15, 0.2) is 42.0 Å². The summed E-state index contributed by atoms with van der Waals surface area (Å²) in [6.45, 7) is 3.94. The van der Waals surface area contributed by atoms with Crippen molar-refractivity contribution in [2.24, 2.45) is 0 Å². The van der Waals surface area contributed by atoms with Crippen LogP contribution in [0, 0.1) is 25.2 Å². The van der Waals surface area contributed by atoms with E-state index >= 15 is 0 Å². The first kappa shape index (κ1) is 18.1. The second-order valence-electron chi connectivity index (χ2n) is 5.55. The third kappa shape index (κ3) is 4.39. The normalized spacial score (nSPS) is 10.8. The van der Waals surface area contributed by atoms with Gasteiger partial charge < -0.3 is 14.8 Å². The number of methoxy groups -OCH3 is 2. The molecule has 0 unspecified atom stereocenters. The molecular weight excluding hydrogens is 316 g/mol. The molecule has 0 aliphatic heterocycles. The molecule has 5 nitrogen and oxygen atoms in total. The predicted octanol–water partition coefficient (Wildman–Crippen LogP) is 3.87. The van der Waals surface area contributed by atoms with Crippen LogP contribution >= 0.6 is 0 Å². The van der Waals surface area contributed by atoms with Gasteiger partial charge in [-0.1, -0.05) is 23.8 Å². The number of anilines is 1. The highest BCUT2D eigenvalue weighted by Gasteiger charge is 2.12. The largest absolute Gasteiger partial charge is 0.493 e. The van der Waals surface area contributed by atoms with Crippen LogP contribution in [0.3, 0.4) is 0 Å². The zero-order valence-corrected chi connectivity index (χ0v) is 14.7. The van der Waals surface area contributed by atoms with Crippen molar-refractivity contribution in [1.29, 1.82) is 5.26 Å². The Morgan fingerprint density at radius 1 is 1.08 bits per heavy atom. The van der Waals surface area contributed by atoms with Crippen LogP contribution < -0.4 is 14.8 Å². The Labute approximate surface area is 147 Å². The molecule has 0 aliphatic rings. The zero-order chi connectivity index (χ0) is 18.4. The van der Waals surface area contributed by atoms with E-state index in [9.17, 15) is 10.1 Å². The molecule has 2 rings (SSSR count). The lowest BCUT2D eigenvalue weighted by atomic mass is 10.0. The molecule has 0 aliphatic carbocycles. The standard InChI is InChI=1S/C20H20N2O3/c1-13-5-6-15(14(2)9-13)10-16(12-21)20(23)22-17-7-8-18(24-3)19(11-17)25-4/h5-11H,1-4H3,(H,22,23)/b16-10+. The van der Waals surface area contributed by atoms with Gasteiger partial charge in [0.05, 0.1) is 14.2 Å². The minimum Gasteiger partial charge on any atom is -0.493 e. The maximum Gasteiger partial charge on any atom is 0.266 e. The molecule has 25 heavy (non-hydrogen) atoms. The number of carbonyl (C=O) groups excluding carboxylic acids is 1. The molecule has 0 saturated heterocycles. The van der Waals surface area contributed by atoms with E-state index in [0.29, 0.717) is 17.2 Å². The van der Waals surface area contributed by atoms with Crippen LogP contribution in [0.2, 0.25) is 0 Å². The van der Waals surface area contributed by atoms with Crippen molar-refractivity contribution < 1.29 is 14.3 Å². The van der Waals surface area contributed by atoms with Gasteiger partial charge in [0.1, 0.15) is 11.6 Å². The van der Waals surface area contributed by atoms with E-state index in [1.165, 1.54) is 14.2 Å². The number of nitriles is 1. The molecule has 0 radical (unpaired) electrons. The van der Waals surface area contributed by atoms with E-state index in [0.717, 1.165) is 16.7 Å². The number of benzene rings is 2. The molecule has 2 aromatic rings. The highest BCUT2D eigenvalue weighted by molar-refractivity contribution is 6.09. The van der Waals surface area contributed by atoms with Gasteiger partial charge in [-0.05, 0) is 43.2 Å². The average Bonchev–Trinajstić information content (AvgIpc) is 2.60. The lowest BCUT2D eigenvalue weighted by Gasteiger charge is -2.10. The van der Waals surface area contributed by atoms with Crippen LogP contribution in [0.1, 0.15) is 16.7 Å². The summed E-state index contributed by atoms with van der Waals surface area (Å²) in [6.07, 6.45) is 1.59. The van der Waals surface area contributed by atoms with Crippen LogP contribution in [-0.2, 0) is 4.79 Å². The lowest BCUT2D eigenvalue weighted by Crippen LogP contribution is -2.13. The Morgan fingerprint density at radius 3 is 2.40 bits per heavy atom. The Kier molecular flexibility index (Phi) is 5.80. The Morgan fingerprint density at radius 2 is 1.80 bits per heavy atom. The number of rotatable bonds is 5. The Bertz CT molecular complexity index is 864. The fourth-order valence-corrected chi connectivity index (χ4v) is 2.40. The average molecular weight is 336 g/mol. The molecule has 128 valence electrons. The molecule has 0 atom stereocenters. The smallest absolute Gasteiger partial charge is 0.266 e. The Hall–Kier alpha value is -3.26. The molecule has 1 N–H and O–H groups in total. The van der Waals surface area contributed by atoms with E-state index in [1.54, 1.807) is 24.3 Å². The van der Waals surface area contributed by atoms with E-state index in [-0.39, 0.29) is 5.57 Å². The van der Waals surface area contributed by atoms with Crippen LogP contribution in [0.5, 0.6) is 11.5 Å². The summed E-state index contributed by atoms with van der Waals surface area (Å²) in [5.41, 5.74) is 3.52. The number of hydrogen-bond acceptors (Lipinski definition) is 4. The quantitative estimate of drug-likeness (QED) is 0.665. The monoisotopic (exact) mass is 336 g/mol. The number of hydrogen-bond donors (Lipinski definition) is 1. The fourth-order valence-electron chi connectivity index (χ4n) is 2.40. The summed E-state index contributed by atoms with van der Waals surface area (Å²) in [7, 11) is 3.06. The molecule has 0 aromatic heterocycles. The summed E-state index contributed by atoms with van der Waals surface area (Å²) >= 11 is 0. The molecule has 0 heterocycles. The number of ether oxygens (including phenoxy) is 2. The van der Waals surface area contributed by atoms with Crippen molar-refractivity contribution in [2.75, 3.05) is 19.5 Å². The van der Waals surface area contributed by atoms with Gasteiger partial charge in [0.25, 0.3) is 5.91 Å². The fraction of sp³-hybridized carbons (Fsp3) is 0.200. The van der Waals surface area contributed by atoms with Crippen LogP contribution in [0.4, 0.5) is 5.69 Å². The van der Waals surface area contributed by atoms with Gasteiger partial charge in [-0.3, -0.25) is 4.79 Å². The molecule has 0 saturated carbocycles. The highest BCUT2D eigenvalue weighted by Crippen LogP contribution is 2.30. The topological polar surface area (TPSA) is 71.3 Å². The van der Waals surface area contributed by atoms with Gasteiger partial charge in [0.15, 0.2) is 11.5 Å². The number of carbonyl (C=O) groups is 1. The third-order valence-electron chi connectivity index (χ3n) is 3.73. The van der Waals surface area contributed by atoms with E-state index in [2.05, 4.69) is 5.32 Å². The van der Waals surface area contributed by atoms with Gasteiger partial charge in [-0.2, -0.15) is 5.26 Å². The maximum atomic E-state index is 12.4. The number of nitrogens with one attached hydrogen (secondary N) is 1. The van der Waals surface area contributed by atoms with Crippen molar-refractivity contribution in [3.63, 3.8) is 0 Å². The molecule has 5 heteroatoms. The molecular formula is C20H20N2O3. The second-order valence-corrected chi connectivity index (χ2v) is 5.55. The van der Waals surface area contributed by atoms with E-state index in [1.807, 2.05) is 38.1 Å². The summed E-state index contributed by atoms with van der Waals surface area (Å²) in [6, 6.07) is 12.8. The first-order valence-corrected chi connectivity index (χ1v) is 7.71. The van der Waals surface area contributed by atoms with Gasteiger partial charge in [-0.15, -0.1) is 0 Å². The summed E-state index contributed by atoms with van der Waals surface area (Å²) in [5.74, 6) is 0.582. The number of amides is 1. The minimum atomic E-state index is -0.477. The highest BCUT2D eigenvalue weighted by atomic mass is 16.5. The third-order valence-corrected chi connectivity index (χ3v) is 3.73. The van der Waals surface area contributed by atoms with Crippen molar-refractivity contribution >= 4 is 17.7 Å². The van der Waals surface area contributed by atoms with Crippen LogP contribution in [-0.4, -0.2) is 20.1 Å². The van der Waals surface area contributed by atoms with E-state index < -0.39 is 5.91 Å². The SMILES string of the molecule is COc1ccc(NC(=O)/C(C#N)=C/c2ccc(C)cc2C)cc1OC. The summed E-state index contributed by atoms with van der Waals surface area (Å²) in [4.78, 5) is 12.4. The Balaban J connectivity index is 2.26. The molecule has 1 amide bonds. The first-order valence-electron chi connectivity index (χ1n) is 7.71. The first-order chi connectivity index (χ1) is 12.0. The van der Waals surface area contributed by atoms with Gasteiger partial charge in [0.2, 0.25) is 0 Å². The molecule has 2 aromatic carbocycles. The summed E-state index contributed by atoms with van der Waals surface area (Å²) in [5, 5.41) is 12.0. The molecule has 0 fully saturated rings. The van der Waals surface area contributed by atoms with Crippen LogP contribution in [0.25, 0.3) is 6.08 Å². The zero-order valence-electron chi connectivity index (χ0n) is 14.7. The number of nitrogens with zero attached hydrogens (tertiary/aromatic N) is 1. The second kappa shape index (κ2) is 8.02. The van der Waals surface area contributed by atoms with Crippen molar-refractivity contribution in [3.8, 4) is 17.6 Å². The maximum absolute atomic E-state index is 12.4. The van der Waals surface area contributed by atoms with Gasteiger partial charge >= 0.3 is 0 Å². The molecule has 0 spiro atoms. The van der Waals surface area contributed by atoms with Crippen molar-refractivity contribution in [1.82, 2.24) is 0 Å². The van der Waals surface area contributed by atoms with Gasteiger partial charge in [0, 0.05) is 11.8 Å². The lowest BCUT2D eigenvalue weighted by molar-refractivity contribution is -0.112. The summed E-state index contributed by atoms with van der Waals surface area (Å²) < 4.78 is 10.4. The van der Waals surface area contributed by atoms with Crippen molar-refractivity contribution in [3.05, 3.63) is 58.7 Å². The predicted molar refractivity (Wildman–Crippen MR) is 97.7 cm³/mol.